The predicted octanol–water partition coefficient (Wildman–Crippen LogP) is 3.23. The van der Waals surface area contributed by atoms with Gasteiger partial charge in [-0.25, -0.2) is 4.98 Å². The first-order valence-corrected chi connectivity index (χ1v) is 9.19. The highest BCUT2D eigenvalue weighted by Crippen LogP contribution is 2.25. The molecule has 7 heteroatoms. The van der Waals surface area contributed by atoms with Crippen molar-refractivity contribution < 1.29 is 4.79 Å². The van der Waals surface area contributed by atoms with Crippen LogP contribution in [0.15, 0.2) is 46.3 Å². The molecule has 0 spiro atoms. The number of piperazine rings is 1. The van der Waals surface area contributed by atoms with Gasteiger partial charge in [0.2, 0.25) is 0 Å². The van der Waals surface area contributed by atoms with E-state index in [-0.39, 0.29) is 5.91 Å². The number of anilines is 1. The van der Waals surface area contributed by atoms with E-state index >= 15 is 0 Å². The summed E-state index contributed by atoms with van der Waals surface area (Å²) < 4.78 is 1.13. The molecule has 1 aliphatic rings. The Morgan fingerprint density at radius 1 is 1.09 bits per heavy atom. The molecule has 0 aliphatic carbocycles. The molecule has 3 rings (SSSR count). The van der Waals surface area contributed by atoms with Gasteiger partial charge in [-0.15, -0.1) is 25.3 Å². The van der Waals surface area contributed by atoms with Crippen molar-refractivity contribution in [1.29, 1.82) is 0 Å². The lowest BCUT2D eigenvalue weighted by molar-refractivity contribution is 0.0746. The third kappa shape index (κ3) is 3.95. The molecule has 1 fully saturated rings. The van der Waals surface area contributed by atoms with Crippen LogP contribution in [0.1, 0.15) is 10.4 Å². The van der Waals surface area contributed by atoms with E-state index in [1.807, 2.05) is 35.2 Å². The van der Waals surface area contributed by atoms with Crippen molar-refractivity contribution in [1.82, 2.24) is 9.88 Å². The van der Waals surface area contributed by atoms with E-state index in [9.17, 15) is 4.79 Å². The van der Waals surface area contributed by atoms with Crippen molar-refractivity contribution in [2.45, 2.75) is 9.79 Å². The van der Waals surface area contributed by atoms with Crippen LogP contribution >= 0.6 is 47.8 Å². The summed E-state index contributed by atoms with van der Waals surface area (Å²) in [4.78, 5) is 22.6. The van der Waals surface area contributed by atoms with Gasteiger partial charge in [0, 0.05) is 51.3 Å². The number of rotatable bonds is 2. The first-order chi connectivity index (χ1) is 11.0. The Bertz CT molecular complexity index is 716. The van der Waals surface area contributed by atoms with Crippen molar-refractivity contribution in [3.63, 3.8) is 0 Å². The second-order valence-corrected chi connectivity index (χ2v) is 7.57. The number of halogens is 1. The van der Waals surface area contributed by atoms with Crippen LogP contribution in [-0.4, -0.2) is 42.0 Å². The summed E-state index contributed by atoms with van der Waals surface area (Å²) in [5.41, 5.74) is 0.742. The Labute approximate surface area is 160 Å². The minimum atomic E-state index is 0.0887. The fraction of sp³-hybridized carbons (Fsp3) is 0.250. The van der Waals surface area contributed by atoms with Crippen LogP contribution in [0.4, 0.5) is 5.82 Å². The lowest BCUT2D eigenvalue weighted by Crippen LogP contribution is -2.49. The van der Waals surface area contributed by atoms with E-state index in [4.69, 9.17) is 0 Å². The Kier molecular flexibility index (Phi) is 5.38. The summed E-state index contributed by atoms with van der Waals surface area (Å²) in [5.74, 6) is 0.943. The van der Waals surface area contributed by atoms with E-state index in [0.29, 0.717) is 13.1 Å². The van der Waals surface area contributed by atoms with Crippen molar-refractivity contribution in [3.05, 3.63) is 45.7 Å². The lowest BCUT2D eigenvalue weighted by Gasteiger charge is -2.36. The molecule has 0 unspecified atom stereocenters. The van der Waals surface area contributed by atoms with E-state index in [2.05, 4.69) is 57.7 Å². The molecule has 0 N–H and O–H groups in total. The number of carbonyl (C=O) groups excluding carboxylic acids is 1. The molecule has 1 saturated heterocycles. The van der Waals surface area contributed by atoms with Gasteiger partial charge in [-0.3, -0.25) is 4.79 Å². The molecule has 1 aromatic carbocycles. The first-order valence-electron chi connectivity index (χ1n) is 7.22. The highest BCUT2D eigenvalue weighted by molar-refractivity contribution is 14.1. The van der Waals surface area contributed by atoms with Gasteiger partial charge in [0.05, 0.1) is 0 Å². The van der Waals surface area contributed by atoms with Crippen molar-refractivity contribution in [2.75, 3.05) is 31.1 Å². The average Bonchev–Trinajstić information content (AvgIpc) is 2.55. The Balaban J connectivity index is 1.66. The molecule has 1 aromatic heterocycles. The molecule has 4 nitrogen and oxygen atoms in total. The van der Waals surface area contributed by atoms with Gasteiger partial charge in [0.1, 0.15) is 5.82 Å². The van der Waals surface area contributed by atoms with Crippen LogP contribution in [0.5, 0.6) is 0 Å². The Morgan fingerprint density at radius 3 is 2.35 bits per heavy atom. The topological polar surface area (TPSA) is 36.4 Å². The van der Waals surface area contributed by atoms with Gasteiger partial charge < -0.3 is 9.80 Å². The third-order valence-corrected chi connectivity index (χ3v) is 5.08. The number of aromatic nitrogens is 1. The quantitative estimate of drug-likeness (QED) is 0.537. The highest BCUT2D eigenvalue weighted by atomic mass is 127. The van der Waals surface area contributed by atoms with Crippen LogP contribution in [0.3, 0.4) is 0 Å². The summed E-state index contributed by atoms with van der Waals surface area (Å²) in [5, 5.41) is 0. The standard InChI is InChI=1S/C16H16IN3OS2/c17-12-3-1-11(2-4-12)16(21)20-7-5-19(6-8-20)15-14(23)9-13(22)10-18-15/h1-4,9-10,22-23H,5-8H2. The average molecular weight is 457 g/mol. The van der Waals surface area contributed by atoms with Crippen LogP contribution < -0.4 is 4.90 Å². The van der Waals surface area contributed by atoms with Crippen LogP contribution in [0.25, 0.3) is 0 Å². The molecule has 1 amide bonds. The number of pyridine rings is 1. The fourth-order valence-corrected chi connectivity index (χ4v) is 3.56. The summed E-state index contributed by atoms with van der Waals surface area (Å²) in [6.45, 7) is 2.87. The maximum atomic E-state index is 12.5. The monoisotopic (exact) mass is 457 g/mol. The summed E-state index contributed by atoms with van der Waals surface area (Å²) in [7, 11) is 0. The Morgan fingerprint density at radius 2 is 1.74 bits per heavy atom. The van der Waals surface area contributed by atoms with Crippen molar-refractivity contribution in [2.24, 2.45) is 0 Å². The van der Waals surface area contributed by atoms with Gasteiger partial charge in [-0.1, -0.05) is 0 Å². The molecule has 0 radical (unpaired) electrons. The first kappa shape index (κ1) is 16.9. The number of carbonyl (C=O) groups is 1. The van der Waals surface area contributed by atoms with Crippen LogP contribution in [0.2, 0.25) is 0 Å². The zero-order chi connectivity index (χ0) is 16.4. The van der Waals surface area contributed by atoms with Crippen LogP contribution in [0, 0.1) is 3.57 Å². The minimum absolute atomic E-state index is 0.0887. The lowest BCUT2D eigenvalue weighted by atomic mass is 10.2. The SMILES string of the molecule is O=C(c1ccc(I)cc1)N1CCN(c2ncc(S)cc2S)CC1. The predicted molar refractivity (Wildman–Crippen MR) is 106 cm³/mol. The number of hydrogen-bond donors (Lipinski definition) is 2. The molecular weight excluding hydrogens is 441 g/mol. The molecule has 120 valence electrons. The van der Waals surface area contributed by atoms with E-state index < -0.39 is 0 Å². The van der Waals surface area contributed by atoms with Gasteiger partial charge in [0.25, 0.3) is 5.91 Å². The summed E-state index contributed by atoms with van der Waals surface area (Å²) in [6, 6.07) is 9.57. The number of benzene rings is 1. The Hall–Kier alpha value is -0.930. The number of thiol groups is 2. The molecular formula is C16H16IN3OS2. The van der Waals surface area contributed by atoms with Gasteiger partial charge in [0.15, 0.2) is 0 Å². The van der Waals surface area contributed by atoms with E-state index in [1.54, 1.807) is 6.20 Å². The fourth-order valence-electron chi connectivity index (χ4n) is 2.58. The highest BCUT2D eigenvalue weighted by Gasteiger charge is 2.23. The molecule has 0 saturated carbocycles. The largest absolute Gasteiger partial charge is 0.352 e. The third-order valence-electron chi connectivity index (χ3n) is 3.79. The number of hydrogen-bond acceptors (Lipinski definition) is 5. The van der Waals surface area contributed by atoms with Gasteiger partial charge >= 0.3 is 0 Å². The molecule has 1 aliphatic heterocycles. The molecule has 23 heavy (non-hydrogen) atoms. The van der Waals surface area contributed by atoms with Gasteiger partial charge in [-0.05, 0) is 52.9 Å². The summed E-state index contributed by atoms with van der Waals surface area (Å²) in [6.07, 6.45) is 1.72. The summed E-state index contributed by atoms with van der Waals surface area (Å²) >= 11 is 11.0. The smallest absolute Gasteiger partial charge is 0.253 e. The molecule has 2 heterocycles. The maximum absolute atomic E-state index is 12.5. The zero-order valence-electron chi connectivity index (χ0n) is 12.3. The van der Waals surface area contributed by atoms with Crippen LogP contribution in [-0.2, 0) is 0 Å². The number of amides is 1. The second-order valence-electron chi connectivity index (χ2n) is 5.32. The van der Waals surface area contributed by atoms with E-state index in [0.717, 1.165) is 37.8 Å². The van der Waals surface area contributed by atoms with Gasteiger partial charge in [-0.2, -0.15) is 0 Å². The van der Waals surface area contributed by atoms with Crippen molar-refractivity contribution in [3.8, 4) is 0 Å². The maximum Gasteiger partial charge on any atom is 0.253 e. The minimum Gasteiger partial charge on any atom is -0.352 e. The van der Waals surface area contributed by atoms with Crippen molar-refractivity contribution >= 4 is 59.6 Å². The molecule has 2 aromatic rings. The zero-order valence-corrected chi connectivity index (χ0v) is 16.3. The normalized spacial score (nSPS) is 14.9. The molecule has 0 bridgehead atoms. The molecule has 0 atom stereocenters. The number of nitrogens with zero attached hydrogens (tertiary/aromatic N) is 3. The second kappa shape index (κ2) is 7.31. The van der Waals surface area contributed by atoms with E-state index in [1.165, 1.54) is 0 Å².